The summed E-state index contributed by atoms with van der Waals surface area (Å²) in [5.74, 6) is 0.285. The predicted molar refractivity (Wildman–Crippen MR) is 74.8 cm³/mol. The summed E-state index contributed by atoms with van der Waals surface area (Å²) in [4.78, 5) is 14.1. The molecular formula is C12H5BrClN3O3. The fourth-order valence-corrected chi connectivity index (χ4v) is 1.91. The number of benzene rings is 1. The van der Waals surface area contributed by atoms with Gasteiger partial charge in [-0.2, -0.15) is 5.26 Å². The van der Waals surface area contributed by atoms with Gasteiger partial charge in [-0.05, 0) is 28.1 Å². The molecule has 0 aliphatic carbocycles. The number of hydrogen-bond donors (Lipinski definition) is 0. The Morgan fingerprint density at radius 3 is 2.80 bits per heavy atom. The van der Waals surface area contributed by atoms with E-state index in [2.05, 4.69) is 20.9 Å². The highest BCUT2D eigenvalue weighted by Crippen LogP contribution is 2.33. The first-order valence-corrected chi connectivity index (χ1v) is 6.36. The third-order valence-corrected chi connectivity index (χ3v) is 3.09. The van der Waals surface area contributed by atoms with Crippen LogP contribution >= 0.6 is 27.5 Å². The van der Waals surface area contributed by atoms with Crippen molar-refractivity contribution in [3.63, 3.8) is 0 Å². The largest absolute Gasteiger partial charge is 0.437 e. The fraction of sp³-hybridized carbons (Fsp3) is 0. The van der Waals surface area contributed by atoms with Crippen LogP contribution in [0.3, 0.4) is 0 Å². The monoisotopic (exact) mass is 353 g/mol. The van der Waals surface area contributed by atoms with Gasteiger partial charge >= 0.3 is 0 Å². The van der Waals surface area contributed by atoms with Gasteiger partial charge in [0.1, 0.15) is 5.15 Å². The molecule has 2 rings (SSSR count). The maximum absolute atomic E-state index is 10.7. The smallest absolute Gasteiger partial charge is 0.273 e. The summed E-state index contributed by atoms with van der Waals surface area (Å²) in [6.07, 6.45) is 0. The Hall–Kier alpha value is -2.17. The average molecular weight is 355 g/mol. The lowest BCUT2D eigenvalue weighted by atomic mass is 10.3. The third-order valence-electron chi connectivity index (χ3n) is 2.24. The van der Waals surface area contributed by atoms with Crippen LogP contribution in [0, 0.1) is 21.4 Å². The van der Waals surface area contributed by atoms with Gasteiger partial charge in [-0.3, -0.25) is 10.1 Å². The second-order valence-electron chi connectivity index (χ2n) is 3.60. The molecule has 8 heteroatoms. The molecule has 0 fully saturated rings. The van der Waals surface area contributed by atoms with Crippen LogP contribution in [-0.2, 0) is 0 Å². The minimum Gasteiger partial charge on any atom is -0.437 e. The average Bonchev–Trinajstić information content (AvgIpc) is 2.40. The molecule has 0 radical (unpaired) electrons. The molecule has 1 aromatic carbocycles. The maximum Gasteiger partial charge on any atom is 0.273 e. The molecule has 0 spiro atoms. The molecule has 1 heterocycles. The molecular weight excluding hydrogens is 350 g/mol. The van der Waals surface area contributed by atoms with Gasteiger partial charge < -0.3 is 4.74 Å². The molecule has 0 bridgehead atoms. The molecule has 0 saturated heterocycles. The van der Waals surface area contributed by atoms with Crippen molar-refractivity contribution < 1.29 is 9.66 Å². The van der Waals surface area contributed by atoms with E-state index in [0.29, 0.717) is 4.47 Å². The van der Waals surface area contributed by atoms with Crippen LogP contribution in [0.1, 0.15) is 5.56 Å². The van der Waals surface area contributed by atoms with Crippen LogP contribution in [0.25, 0.3) is 0 Å². The Bertz CT molecular complexity index is 730. The summed E-state index contributed by atoms with van der Waals surface area (Å²) in [6, 6.07) is 8.76. The van der Waals surface area contributed by atoms with E-state index in [-0.39, 0.29) is 28.0 Å². The Morgan fingerprint density at radius 1 is 1.40 bits per heavy atom. The van der Waals surface area contributed by atoms with E-state index < -0.39 is 4.92 Å². The lowest BCUT2D eigenvalue weighted by molar-refractivity contribution is -0.384. The van der Waals surface area contributed by atoms with Gasteiger partial charge in [0, 0.05) is 12.1 Å². The van der Waals surface area contributed by atoms with Crippen molar-refractivity contribution in [2.75, 3.05) is 0 Å². The number of rotatable bonds is 3. The molecule has 2 aromatic rings. The maximum atomic E-state index is 10.7. The van der Waals surface area contributed by atoms with Crippen LogP contribution < -0.4 is 4.74 Å². The van der Waals surface area contributed by atoms with Crippen LogP contribution in [0.2, 0.25) is 5.15 Å². The third kappa shape index (κ3) is 3.23. The second-order valence-corrected chi connectivity index (χ2v) is 4.84. The van der Waals surface area contributed by atoms with Crippen molar-refractivity contribution in [2.45, 2.75) is 0 Å². The Balaban J connectivity index is 2.39. The number of pyridine rings is 1. The van der Waals surface area contributed by atoms with Crippen molar-refractivity contribution in [2.24, 2.45) is 0 Å². The zero-order chi connectivity index (χ0) is 14.7. The summed E-state index contributed by atoms with van der Waals surface area (Å²) >= 11 is 8.97. The van der Waals surface area contributed by atoms with Gasteiger partial charge in [-0.25, -0.2) is 4.98 Å². The van der Waals surface area contributed by atoms with Gasteiger partial charge in [0.05, 0.1) is 27.1 Å². The number of nitro benzene ring substituents is 1. The highest BCUT2D eigenvalue weighted by atomic mass is 79.9. The Kier molecular flexibility index (Phi) is 4.17. The summed E-state index contributed by atoms with van der Waals surface area (Å²) < 4.78 is 5.94. The molecule has 0 unspecified atom stereocenters. The molecule has 0 aliphatic heterocycles. The highest BCUT2D eigenvalue weighted by molar-refractivity contribution is 9.10. The first-order chi connectivity index (χ1) is 9.49. The minimum absolute atomic E-state index is 0.0789. The Morgan fingerprint density at radius 2 is 2.15 bits per heavy atom. The first kappa shape index (κ1) is 14.2. The second kappa shape index (κ2) is 5.86. The highest BCUT2D eigenvalue weighted by Gasteiger charge is 2.12. The SMILES string of the molecule is N#Cc1cc(Cl)nc(Oc2cc([N+](=O)[O-])ccc2Br)c1. The molecule has 20 heavy (non-hydrogen) atoms. The molecule has 1 aromatic heterocycles. The number of aromatic nitrogens is 1. The molecule has 100 valence electrons. The summed E-state index contributed by atoms with van der Waals surface area (Å²) in [6.45, 7) is 0. The number of nitro groups is 1. The summed E-state index contributed by atoms with van der Waals surface area (Å²) in [5, 5.41) is 19.7. The van der Waals surface area contributed by atoms with E-state index >= 15 is 0 Å². The lowest BCUT2D eigenvalue weighted by Gasteiger charge is -2.07. The minimum atomic E-state index is -0.536. The topological polar surface area (TPSA) is 89.0 Å². The van der Waals surface area contributed by atoms with Crippen molar-refractivity contribution in [3.8, 4) is 17.7 Å². The number of nitriles is 1. The molecule has 0 N–H and O–H groups in total. The summed E-state index contributed by atoms with van der Waals surface area (Å²) in [7, 11) is 0. The predicted octanol–water partition coefficient (Wildman–Crippen LogP) is 4.07. The van der Waals surface area contributed by atoms with Crippen molar-refractivity contribution in [1.29, 1.82) is 5.26 Å². The van der Waals surface area contributed by atoms with Gasteiger partial charge in [-0.1, -0.05) is 11.6 Å². The zero-order valence-electron chi connectivity index (χ0n) is 9.71. The van der Waals surface area contributed by atoms with E-state index in [1.54, 1.807) is 0 Å². The van der Waals surface area contributed by atoms with E-state index in [0.717, 1.165) is 0 Å². The molecule has 6 nitrogen and oxygen atoms in total. The van der Waals surface area contributed by atoms with E-state index in [1.165, 1.54) is 30.3 Å². The zero-order valence-corrected chi connectivity index (χ0v) is 12.1. The van der Waals surface area contributed by atoms with E-state index in [4.69, 9.17) is 21.6 Å². The number of ether oxygens (including phenoxy) is 1. The van der Waals surface area contributed by atoms with Gasteiger partial charge in [0.25, 0.3) is 5.69 Å². The fourth-order valence-electron chi connectivity index (χ4n) is 1.39. The van der Waals surface area contributed by atoms with E-state index in [1.807, 2.05) is 6.07 Å². The normalized spacial score (nSPS) is 9.85. The molecule has 0 amide bonds. The van der Waals surface area contributed by atoms with Crippen molar-refractivity contribution in [3.05, 3.63) is 55.6 Å². The van der Waals surface area contributed by atoms with Crippen molar-refractivity contribution >= 4 is 33.2 Å². The number of halogens is 2. The summed E-state index contributed by atoms with van der Waals surface area (Å²) in [5.41, 5.74) is 0.160. The van der Waals surface area contributed by atoms with Crippen LogP contribution in [0.4, 0.5) is 5.69 Å². The van der Waals surface area contributed by atoms with Gasteiger partial charge in [0.2, 0.25) is 5.88 Å². The van der Waals surface area contributed by atoms with Gasteiger partial charge in [0.15, 0.2) is 5.75 Å². The quantitative estimate of drug-likeness (QED) is 0.471. The van der Waals surface area contributed by atoms with E-state index in [9.17, 15) is 10.1 Å². The van der Waals surface area contributed by atoms with Crippen LogP contribution in [0.5, 0.6) is 11.6 Å². The lowest BCUT2D eigenvalue weighted by Crippen LogP contribution is -1.93. The van der Waals surface area contributed by atoms with Crippen molar-refractivity contribution in [1.82, 2.24) is 4.98 Å². The first-order valence-electron chi connectivity index (χ1n) is 5.19. The number of hydrogen-bond acceptors (Lipinski definition) is 5. The molecule has 0 saturated carbocycles. The van der Waals surface area contributed by atoms with Crippen LogP contribution in [-0.4, -0.2) is 9.91 Å². The molecule has 0 aliphatic rings. The van der Waals surface area contributed by atoms with Crippen LogP contribution in [0.15, 0.2) is 34.8 Å². The Labute approximate surface area is 126 Å². The standard InChI is InChI=1S/C12H5BrClN3O3/c13-9-2-1-8(17(18)19)5-10(9)20-12-4-7(6-15)3-11(14)16-12/h1-5H. The number of nitrogens with zero attached hydrogens (tertiary/aromatic N) is 3. The number of non-ortho nitro benzene ring substituents is 1. The van der Waals surface area contributed by atoms with Gasteiger partial charge in [-0.15, -0.1) is 0 Å². The molecule has 0 atom stereocenters.